The fraction of sp³-hybridized carbons (Fsp3) is 0.125. The first-order valence-electron chi connectivity index (χ1n) is 12.3. The van der Waals surface area contributed by atoms with E-state index in [4.69, 9.17) is 4.65 Å². The Balaban J connectivity index is 0.000000586. The predicted octanol–water partition coefficient (Wildman–Crippen LogP) is 5.25. The second kappa shape index (κ2) is 11.4. The van der Waals surface area contributed by atoms with Crippen molar-refractivity contribution < 1.29 is 19.2 Å². The van der Waals surface area contributed by atoms with Gasteiger partial charge in [0.05, 0.1) is 28.2 Å². The number of rotatable bonds is 5. The lowest BCUT2D eigenvalue weighted by molar-refractivity contribution is -0.849. The van der Waals surface area contributed by atoms with Crippen LogP contribution in [0.5, 0.6) is 5.75 Å². The van der Waals surface area contributed by atoms with Gasteiger partial charge < -0.3 is 19.2 Å². The van der Waals surface area contributed by atoms with E-state index < -0.39 is 7.32 Å². The van der Waals surface area contributed by atoms with Crippen molar-refractivity contribution in [2.24, 2.45) is 0 Å². The molecule has 0 aliphatic carbocycles. The third kappa shape index (κ3) is 6.46. The highest BCUT2D eigenvalue weighted by Crippen LogP contribution is 2.50. The molecule has 0 saturated carbocycles. The lowest BCUT2D eigenvalue weighted by Crippen LogP contribution is -2.50. The fourth-order valence-electron chi connectivity index (χ4n) is 4.30. The molecule has 0 aliphatic rings. The SMILES string of the molecule is C[N+](C)(C)C.[O-]B([O-])Oc1c(-c2ccccc2)c(-c2ccccc2)c(-c2ccccc2)c2ccccc12. The topological polar surface area (TPSA) is 55.3 Å². The molecule has 0 heterocycles. The standard InChI is InChI=1S/C28H19BO3.C4H12N/c30-29(31)32-28-24-19-11-10-18-23(24)25(20-12-4-1-5-13-20)26(21-14-6-2-7-15-21)27(28)22-16-8-3-9-17-22;1-5(2,3)4/h1-19H;1-4H3/q-2;+1. The van der Waals surface area contributed by atoms with Crippen LogP contribution in [-0.2, 0) is 0 Å². The summed E-state index contributed by atoms with van der Waals surface area (Å²) in [6.45, 7) is 0. The van der Waals surface area contributed by atoms with E-state index >= 15 is 0 Å². The summed E-state index contributed by atoms with van der Waals surface area (Å²) < 4.78 is 6.45. The average molecular weight is 488 g/mol. The highest BCUT2D eigenvalue weighted by atomic mass is 16.6. The summed E-state index contributed by atoms with van der Waals surface area (Å²) >= 11 is 0. The number of hydrogen-bond acceptors (Lipinski definition) is 3. The minimum atomic E-state index is -2.44. The van der Waals surface area contributed by atoms with E-state index in [1.807, 2.05) is 103 Å². The molecule has 0 aliphatic heterocycles. The summed E-state index contributed by atoms with van der Waals surface area (Å²) in [6, 6.07) is 37.7. The minimum Gasteiger partial charge on any atom is -0.860 e. The second-order valence-corrected chi connectivity index (χ2v) is 10.2. The van der Waals surface area contributed by atoms with Gasteiger partial charge in [-0.3, -0.25) is 0 Å². The number of benzene rings is 5. The molecule has 0 amide bonds. The van der Waals surface area contributed by atoms with Crippen molar-refractivity contribution in [2.75, 3.05) is 28.2 Å². The van der Waals surface area contributed by atoms with Crippen molar-refractivity contribution in [1.82, 2.24) is 0 Å². The van der Waals surface area contributed by atoms with E-state index in [1.54, 1.807) is 0 Å². The first-order valence-corrected chi connectivity index (χ1v) is 12.3. The molecule has 0 N–H and O–H groups in total. The van der Waals surface area contributed by atoms with Crippen LogP contribution >= 0.6 is 0 Å². The lowest BCUT2D eigenvalue weighted by Gasteiger charge is -2.31. The second-order valence-electron chi connectivity index (χ2n) is 10.2. The Morgan fingerprint density at radius 3 is 1.27 bits per heavy atom. The Hall–Kier alpha value is -3.90. The highest BCUT2D eigenvalue weighted by molar-refractivity contribution is 6.31. The number of nitrogens with zero attached hydrogens (tertiary/aromatic N) is 1. The maximum absolute atomic E-state index is 11.7. The first kappa shape index (κ1) is 26.2. The van der Waals surface area contributed by atoms with Gasteiger partial charge in [0, 0.05) is 16.5 Å². The molecule has 37 heavy (non-hydrogen) atoms. The van der Waals surface area contributed by atoms with Gasteiger partial charge in [0.15, 0.2) is 0 Å². The van der Waals surface area contributed by atoms with Crippen LogP contribution in [0.25, 0.3) is 44.2 Å². The summed E-state index contributed by atoms with van der Waals surface area (Å²) in [5, 5.41) is 25.2. The summed E-state index contributed by atoms with van der Waals surface area (Å²) in [5.74, 6) is 0.320. The summed E-state index contributed by atoms with van der Waals surface area (Å²) in [6.07, 6.45) is 0. The van der Waals surface area contributed by atoms with Gasteiger partial charge in [-0.2, -0.15) is 0 Å². The fourth-order valence-corrected chi connectivity index (χ4v) is 4.30. The van der Waals surface area contributed by atoms with Crippen LogP contribution in [-0.4, -0.2) is 40.0 Å². The van der Waals surface area contributed by atoms with Crippen LogP contribution in [0.4, 0.5) is 0 Å². The van der Waals surface area contributed by atoms with Crippen molar-refractivity contribution in [3.05, 3.63) is 115 Å². The first-order chi connectivity index (χ1) is 17.7. The quantitative estimate of drug-likeness (QED) is 0.251. The molecule has 5 rings (SSSR count). The zero-order valence-corrected chi connectivity index (χ0v) is 21.7. The van der Waals surface area contributed by atoms with Gasteiger partial charge in [0.1, 0.15) is 13.1 Å². The smallest absolute Gasteiger partial charge is 0.133 e. The highest BCUT2D eigenvalue weighted by Gasteiger charge is 2.23. The Kier molecular flexibility index (Phi) is 8.09. The summed E-state index contributed by atoms with van der Waals surface area (Å²) in [7, 11) is 6.06. The molecule has 5 heteroatoms. The molecular weight excluding hydrogens is 457 g/mol. The molecule has 0 radical (unpaired) electrons. The minimum absolute atomic E-state index is 0.320. The van der Waals surface area contributed by atoms with Crippen LogP contribution in [0.15, 0.2) is 115 Å². The van der Waals surface area contributed by atoms with E-state index in [1.165, 1.54) is 0 Å². The lowest BCUT2D eigenvalue weighted by atomic mass is 9.83. The van der Waals surface area contributed by atoms with Crippen LogP contribution in [0, 0.1) is 0 Å². The number of fused-ring (bicyclic) bond motifs is 1. The van der Waals surface area contributed by atoms with E-state index in [-0.39, 0.29) is 0 Å². The Morgan fingerprint density at radius 1 is 0.486 bits per heavy atom. The monoisotopic (exact) mass is 488 g/mol. The molecule has 0 unspecified atom stereocenters. The number of hydrogen-bond donors (Lipinski definition) is 0. The zero-order chi connectivity index (χ0) is 26.4. The van der Waals surface area contributed by atoms with Gasteiger partial charge in [-0.05, 0) is 27.6 Å². The Morgan fingerprint density at radius 2 is 0.838 bits per heavy atom. The normalized spacial score (nSPS) is 11.0. The molecule has 0 fully saturated rings. The average Bonchev–Trinajstić information content (AvgIpc) is 2.88. The molecule has 0 atom stereocenters. The maximum Gasteiger partial charge on any atom is 0.133 e. The van der Waals surface area contributed by atoms with Gasteiger partial charge in [0.2, 0.25) is 0 Å². The molecule has 5 aromatic carbocycles. The van der Waals surface area contributed by atoms with Crippen molar-refractivity contribution in [2.45, 2.75) is 0 Å². The van der Waals surface area contributed by atoms with Crippen LogP contribution in [0.2, 0.25) is 0 Å². The van der Waals surface area contributed by atoms with Crippen molar-refractivity contribution in [3.63, 3.8) is 0 Å². The molecular formula is C32H31BNO3-. The van der Waals surface area contributed by atoms with Crippen LogP contribution in [0.3, 0.4) is 0 Å². The van der Waals surface area contributed by atoms with Gasteiger partial charge in [0.25, 0.3) is 0 Å². The van der Waals surface area contributed by atoms with E-state index in [9.17, 15) is 10.0 Å². The number of quaternary nitrogens is 1. The van der Waals surface area contributed by atoms with Gasteiger partial charge in [-0.1, -0.05) is 115 Å². The van der Waals surface area contributed by atoms with E-state index in [0.717, 1.165) is 48.6 Å². The van der Waals surface area contributed by atoms with Crippen molar-refractivity contribution >= 4 is 18.1 Å². The van der Waals surface area contributed by atoms with Crippen LogP contribution < -0.4 is 14.7 Å². The van der Waals surface area contributed by atoms with Gasteiger partial charge >= 0.3 is 0 Å². The third-order valence-corrected chi connectivity index (χ3v) is 5.57. The zero-order valence-electron chi connectivity index (χ0n) is 21.7. The van der Waals surface area contributed by atoms with Crippen molar-refractivity contribution in [3.8, 4) is 39.1 Å². The van der Waals surface area contributed by atoms with E-state index in [0.29, 0.717) is 5.75 Å². The maximum atomic E-state index is 11.7. The molecule has 4 nitrogen and oxygen atoms in total. The molecule has 186 valence electrons. The molecule has 0 bridgehead atoms. The largest absolute Gasteiger partial charge is 0.860 e. The molecule has 0 spiro atoms. The Bertz CT molecular complexity index is 1440. The van der Waals surface area contributed by atoms with Gasteiger partial charge in [-0.15, -0.1) is 0 Å². The third-order valence-electron chi connectivity index (χ3n) is 5.57. The van der Waals surface area contributed by atoms with E-state index in [2.05, 4.69) is 40.3 Å². The van der Waals surface area contributed by atoms with Crippen LogP contribution in [0.1, 0.15) is 0 Å². The summed E-state index contributed by atoms with van der Waals surface area (Å²) in [4.78, 5) is 0. The van der Waals surface area contributed by atoms with Gasteiger partial charge in [-0.25, -0.2) is 0 Å². The predicted molar refractivity (Wildman–Crippen MR) is 151 cm³/mol. The summed E-state index contributed by atoms with van der Waals surface area (Å²) in [5.41, 5.74) is 5.61. The van der Waals surface area contributed by atoms with Crippen molar-refractivity contribution in [1.29, 1.82) is 0 Å². The molecule has 0 saturated heterocycles. The Labute approximate surface area is 219 Å². The molecule has 0 aromatic heterocycles. The molecule has 5 aromatic rings.